The van der Waals surface area contributed by atoms with Crippen molar-refractivity contribution in [3.8, 4) is 28.8 Å². The smallest absolute Gasteiger partial charge is 0.207 e. The molecule has 0 spiro atoms. The van der Waals surface area contributed by atoms with Gasteiger partial charge in [0.1, 0.15) is 28.9 Å². The van der Waals surface area contributed by atoms with Crippen LogP contribution in [0.1, 0.15) is 31.5 Å². The van der Waals surface area contributed by atoms with E-state index in [-0.39, 0.29) is 28.8 Å². The first-order chi connectivity index (χ1) is 20.4. The molecule has 4 aromatic rings. The Morgan fingerprint density at radius 1 is 1.21 bits per heavy atom. The number of hydrogen-bond acceptors (Lipinski definition) is 8. The van der Waals surface area contributed by atoms with Crippen LogP contribution in [-0.4, -0.2) is 81.2 Å². The lowest BCUT2D eigenvalue weighted by atomic mass is 9.94. The number of rotatable bonds is 3. The van der Waals surface area contributed by atoms with E-state index in [2.05, 4.69) is 36.9 Å². The van der Waals surface area contributed by atoms with Crippen molar-refractivity contribution in [2.24, 2.45) is 0 Å². The molecule has 4 aliphatic heterocycles. The zero-order valence-corrected chi connectivity index (χ0v) is 24.0. The van der Waals surface area contributed by atoms with Crippen molar-refractivity contribution in [1.29, 1.82) is 0 Å². The molecule has 0 unspecified atom stereocenters. The van der Waals surface area contributed by atoms with E-state index in [4.69, 9.17) is 4.98 Å². The van der Waals surface area contributed by atoms with Crippen molar-refractivity contribution >= 4 is 39.3 Å². The quantitative estimate of drug-likeness (QED) is 0.261. The average molecular weight is 585 g/mol. The van der Waals surface area contributed by atoms with E-state index in [1.165, 1.54) is 0 Å². The third-order valence-electron chi connectivity index (χ3n) is 9.40. The fourth-order valence-corrected chi connectivity index (χ4v) is 8.17. The number of phenolic OH excluding ortho intramolecular Hbond substituents is 1. The van der Waals surface area contributed by atoms with Crippen LogP contribution in [-0.2, 0) is 0 Å². The number of thioether (sulfide) groups is 1. The highest BCUT2D eigenvalue weighted by Gasteiger charge is 2.47. The number of anilines is 1. The molecule has 214 valence electrons. The first-order valence-electron chi connectivity index (χ1n) is 14.5. The molecule has 0 saturated carbocycles. The molecular weight excluding hydrogens is 554 g/mol. The second-order valence-electron chi connectivity index (χ2n) is 11.9. The number of nitrogens with one attached hydrogen (secondary N) is 1. The summed E-state index contributed by atoms with van der Waals surface area (Å²) in [5.41, 5.74) is 0.269. The summed E-state index contributed by atoms with van der Waals surface area (Å²) in [7, 11) is 0. The van der Waals surface area contributed by atoms with Crippen LogP contribution < -0.4 is 10.2 Å². The number of piperazine rings is 1. The Hall–Kier alpha value is -3.52. The summed E-state index contributed by atoms with van der Waals surface area (Å²) in [6.07, 6.45) is 5.91. The Labute approximate surface area is 246 Å². The summed E-state index contributed by atoms with van der Waals surface area (Å²) in [6.45, 7) is 2.85. The highest BCUT2D eigenvalue weighted by molar-refractivity contribution is 7.98. The van der Waals surface area contributed by atoms with Gasteiger partial charge in [-0.15, -0.1) is 11.8 Å². The minimum atomic E-state index is -0.894. The predicted octanol–water partition coefficient (Wildman–Crippen LogP) is 4.89. The molecule has 2 bridgehead atoms. The topological polar surface area (TPSA) is 77.4 Å². The van der Waals surface area contributed by atoms with Crippen LogP contribution in [0.3, 0.4) is 0 Å². The molecule has 0 radical (unpaired) electrons. The lowest BCUT2D eigenvalue weighted by molar-refractivity contribution is 0.255. The van der Waals surface area contributed by atoms with Crippen LogP contribution in [0.15, 0.2) is 41.4 Å². The Kier molecular flexibility index (Phi) is 6.07. The molecule has 4 aliphatic rings. The number of pyridine rings is 1. The third kappa shape index (κ3) is 4.05. The number of aromatic nitrogens is 3. The van der Waals surface area contributed by atoms with Crippen LogP contribution in [0, 0.1) is 17.7 Å². The molecule has 7 nitrogen and oxygen atoms in total. The average Bonchev–Trinajstić information content (AvgIpc) is 3.77. The first-order valence-corrected chi connectivity index (χ1v) is 15.7. The fourth-order valence-electron chi connectivity index (χ4n) is 7.53. The minimum absolute atomic E-state index is 0.0377. The summed E-state index contributed by atoms with van der Waals surface area (Å²) in [5, 5.41) is 16.2. The zero-order chi connectivity index (χ0) is 28.6. The fraction of sp³-hybridized carbons (Fsp3) is 0.406. The predicted molar refractivity (Wildman–Crippen MR) is 161 cm³/mol. The molecule has 4 saturated heterocycles. The van der Waals surface area contributed by atoms with Crippen LogP contribution in [0.2, 0.25) is 0 Å². The highest BCUT2D eigenvalue weighted by atomic mass is 32.2. The summed E-state index contributed by atoms with van der Waals surface area (Å²) >= 11 is 1.56. The molecule has 0 aliphatic carbocycles. The van der Waals surface area contributed by atoms with E-state index in [0.717, 1.165) is 54.6 Å². The standard InChI is InChI=1S/C32H30F2N6OS/c1-42-25-5-2-4-18-10-22(41)12-23(27(18)25)29-28(34)30-24(15-36-29)31(40-17-20-11-21(40)14-35-20)38-26(37-30)6-8-32-7-3-9-39(32)16-19(33)13-32/h2,4-5,10,12,15,19-21,35,41H,3,7,9,11,13-14,16-17H2,1H3/t19-,20+,21+,32-/m1/s1. The van der Waals surface area contributed by atoms with Gasteiger partial charge in [-0.2, -0.15) is 0 Å². The largest absolute Gasteiger partial charge is 0.508 e. The SMILES string of the molecule is CSc1cccc2cc(O)cc(-c3ncc4c(N5C[C@@H]6C[C@H]5CN6)nc(C#C[C@@]56CCCN5C[C@H](F)C6)nc4c3F)c12. The van der Waals surface area contributed by atoms with E-state index in [0.29, 0.717) is 35.8 Å². The molecule has 6 heterocycles. The molecule has 2 N–H and O–H groups in total. The Balaban J connectivity index is 1.33. The van der Waals surface area contributed by atoms with Gasteiger partial charge in [-0.05, 0) is 61.6 Å². The van der Waals surface area contributed by atoms with Gasteiger partial charge in [0.2, 0.25) is 5.82 Å². The van der Waals surface area contributed by atoms with E-state index >= 15 is 4.39 Å². The van der Waals surface area contributed by atoms with Crippen molar-refractivity contribution in [3.63, 3.8) is 0 Å². The lowest BCUT2D eigenvalue weighted by Crippen LogP contribution is -2.44. The van der Waals surface area contributed by atoms with Crippen LogP contribution in [0.5, 0.6) is 5.75 Å². The number of nitrogens with zero attached hydrogens (tertiary/aromatic N) is 5. The van der Waals surface area contributed by atoms with E-state index < -0.39 is 17.5 Å². The third-order valence-corrected chi connectivity index (χ3v) is 10.2. The lowest BCUT2D eigenvalue weighted by Gasteiger charge is -2.29. The maximum Gasteiger partial charge on any atom is 0.207 e. The van der Waals surface area contributed by atoms with Crippen molar-refractivity contribution in [2.45, 2.75) is 54.4 Å². The molecule has 2 aromatic heterocycles. The monoisotopic (exact) mass is 584 g/mol. The van der Waals surface area contributed by atoms with Crippen molar-refractivity contribution < 1.29 is 13.9 Å². The van der Waals surface area contributed by atoms with Crippen molar-refractivity contribution in [2.75, 3.05) is 37.3 Å². The summed E-state index contributed by atoms with van der Waals surface area (Å²) in [4.78, 5) is 19.5. The van der Waals surface area contributed by atoms with Gasteiger partial charge < -0.3 is 15.3 Å². The number of fused-ring (bicyclic) bond motifs is 5. The molecule has 4 fully saturated rings. The summed E-state index contributed by atoms with van der Waals surface area (Å²) in [6, 6.07) is 9.66. The van der Waals surface area contributed by atoms with Gasteiger partial charge in [0.05, 0.1) is 10.9 Å². The molecule has 42 heavy (non-hydrogen) atoms. The van der Waals surface area contributed by atoms with E-state index in [1.54, 1.807) is 30.1 Å². The molecule has 4 atom stereocenters. The Morgan fingerprint density at radius 2 is 2.12 bits per heavy atom. The zero-order valence-electron chi connectivity index (χ0n) is 23.2. The van der Waals surface area contributed by atoms with Gasteiger partial charge in [0, 0.05) is 60.2 Å². The van der Waals surface area contributed by atoms with Gasteiger partial charge in [-0.3, -0.25) is 9.88 Å². The number of halogens is 2. The van der Waals surface area contributed by atoms with Crippen molar-refractivity contribution in [1.82, 2.24) is 25.2 Å². The van der Waals surface area contributed by atoms with Crippen LogP contribution in [0.25, 0.3) is 32.9 Å². The number of phenols is 1. The normalized spacial score (nSPS) is 26.7. The molecule has 8 rings (SSSR count). The maximum atomic E-state index is 16.7. The number of hydrogen-bond donors (Lipinski definition) is 2. The van der Waals surface area contributed by atoms with Crippen LogP contribution >= 0.6 is 11.8 Å². The van der Waals surface area contributed by atoms with Gasteiger partial charge >= 0.3 is 0 Å². The van der Waals surface area contributed by atoms with E-state index in [9.17, 15) is 9.50 Å². The minimum Gasteiger partial charge on any atom is -0.508 e. The molecule has 2 aromatic carbocycles. The molecular formula is C32H30F2N6OS. The highest BCUT2D eigenvalue weighted by Crippen LogP contribution is 2.42. The van der Waals surface area contributed by atoms with Gasteiger partial charge in [-0.25, -0.2) is 18.7 Å². The first kappa shape index (κ1) is 26.1. The Morgan fingerprint density at radius 3 is 2.93 bits per heavy atom. The second-order valence-corrected chi connectivity index (χ2v) is 12.7. The summed E-state index contributed by atoms with van der Waals surface area (Å²) in [5.74, 6) is 6.83. The van der Waals surface area contributed by atoms with Gasteiger partial charge in [0.25, 0.3) is 0 Å². The maximum absolute atomic E-state index is 16.7. The van der Waals surface area contributed by atoms with Crippen LogP contribution in [0.4, 0.5) is 14.6 Å². The van der Waals surface area contributed by atoms with E-state index in [1.807, 2.05) is 24.5 Å². The molecule has 0 amide bonds. The van der Waals surface area contributed by atoms with Gasteiger partial charge in [0.15, 0.2) is 5.82 Å². The number of alkyl halides is 1. The summed E-state index contributed by atoms with van der Waals surface area (Å²) < 4.78 is 31.1. The Bertz CT molecular complexity index is 1820. The van der Waals surface area contributed by atoms with Crippen molar-refractivity contribution in [3.05, 3.63) is 48.2 Å². The molecule has 10 heteroatoms. The second kappa shape index (κ2) is 9.76. The number of aromatic hydroxyl groups is 1. The van der Waals surface area contributed by atoms with Gasteiger partial charge in [-0.1, -0.05) is 18.1 Å². The number of benzene rings is 2.